The Kier molecular flexibility index (Phi) is 4.86. The molecule has 0 N–H and O–H groups in total. The van der Waals surface area contributed by atoms with Crippen molar-refractivity contribution < 1.29 is 13.6 Å². The van der Waals surface area contributed by atoms with Crippen LogP contribution in [0.3, 0.4) is 0 Å². The quantitative estimate of drug-likeness (QED) is 0.780. The molecule has 16 heavy (non-hydrogen) atoms. The third-order valence-corrected chi connectivity index (χ3v) is 2.54. The van der Waals surface area contributed by atoms with Gasteiger partial charge in [-0.15, -0.1) is 0 Å². The summed E-state index contributed by atoms with van der Waals surface area (Å²) in [6.45, 7) is 0.586. The lowest BCUT2D eigenvalue weighted by atomic mass is 10.1. The first-order chi connectivity index (χ1) is 7.54. The predicted octanol–water partition coefficient (Wildman–Crippen LogP) is 2.36. The lowest BCUT2D eigenvalue weighted by Crippen LogP contribution is -2.29. The zero-order valence-corrected chi connectivity index (χ0v) is 10.4. The second-order valence-corrected chi connectivity index (χ2v) is 4.22. The first kappa shape index (κ1) is 13.1. The lowest BCUT2D eigenvalue weighted by molar-refractivity contribution is -0.128. The van der Waals surface area contributed by atoms with Crippen LogP contribution in [0.2, 0.25) is 0 Å². The van der Waals surface area contributed by atoms with E-state index in [1.54, 1.807) is 7.05 Å². The maximum absolute atomic E-state index is 12.9. The van der Waals surface area contributed by atoms with Gasteiger partial charge in [-0.2, -0.15) is 0 Å². The monoisotopic (exact) mass is 291 g/mol. The highest BCUT2D eigenvalue weighted by Crippen LogP contribution is 2.10. The number of rotatable bonds is 4. The number of nitrogens with zero attached hydrogens (tertiary/aromatic N) is 1. The molecule has 0 radical (unpaired) electrons. The van der Waals surface area contributed by atoms with Crippen LogP contribution >= 0.6 is 15.9 Å². The summed E-state index contributed by atoms with van der Waals surface area (Å²) in [4.78, 5) is 13.1. The lowest BCUT2D eigenvalue weighted by Gasteiger charge is -2.15. The predicted molar refractivity (Wildman–Crippen MR) is 61.5 cm³/mol. The summed E-state index contributed by atoms with van der Waals surface area (Å²) in [5, 5.41) is 0.688. The molecule has 0 atom stereocenters. The molecule has 1 rings (SSSR count). The second-order valence-electron chi connectivity index (χ2n) is 3.43. The van der Waals surface area contributed by atoms with Crippen LogP contribution in [0.15, 0.2) is 18.2 Å². The maximum atomic E-state index is 12.9. The molecule has 0 heterocycles. The minimum atomic E-state index is -0.923. The molecule has 0 saturated carbocycles. The highest BCUT2D eigenvalue weighted by molar-refractivity contribution is 9.09. The Bertz CT molecular complexity index is 384. The normalized spacial score (nSPS) is 10.2. The third kappa shape index (κ3) is 3.56. The van der Waals surface area contributed by atoms with Crippen molar-refractivity contribution in [1.82, 2.24) is 4.90 Å². The van der Waals surface area contributed by atoms with Gasteiger partial charge in [0.05, 0.1) is 6.42 Å². The van der Waals surface area contributed by atoms with E-state index in [9.17, 15) is 13.6 Å². The van der Waals surface area contributed by atoms with Gasteiger partial charge in [0, 0.05) is 18.9 Å². The van der Waals surface area contributed by atoms with Crippen LogP contribution in [-0.2, 0) is 11.2 Å². The standard InChI is InChI=1S/C11H12BrF2NO/c1-15(5-4-12)11(16)7-8-2-3-9(13)10(14)6-8/h2-3,6H,4-5,7H2,1H3. The van der Waals surface area contributed by atoms with Gasteiger partial charge in [0.25, 0.3) is 0 Å². The molecule has 0 aliphatic carbocycles. The SMILES string of the molecule is CN(CCBr)C(=O)Cc1ccc(F)c(F)c1. The van der Waals surface area contributed by atoms with Gasteiger partial charge in [-0.1, -0.05) is 22.0 Å². The van der Waals surface area contributed by atoms with Crippen molar-refractivity contribution in [2.24, 2.45) is 0 Å². The Morgan fingerprint density at radius 2 is 2.06 bits per heavy atom. The van der Waals surface area contributed by atoms with Gasteiger partial charge in [0.2, 0.25) is 5.91 Å². The third-order valence-electron chi connectivity index (χ3n) is 2.19. The molecule has 1 amide bonds. The molecule has 0 spiro atoms. The highest BCUT2D eigenvalue weighted by atomic mass is 79.9. The fourth-order valence-corrected chi connectivity index (χ4v) is 1.74. The van der Waals surface area contributed by atoms with Crippen LogP contribution in [0.5, 0.6) is 0 Å². The number of hydrogen-bond acceptors (Lipinski definition) is 1. The zero-order chi connectivity index (χ0) is 12.1. The fourth-order valence-electron chi connectivity index (χ4n) is 1.21. The van der Waals surface area contributed by atoms with Crippen LogP contribution < -0.4 is 0 Å². The molecule has 2 nitrogen and oxygen atoms in total. The van der Waals surface area contributed by atoms with Gasteiger partial charge in [0.1, 0.15) is 0 Å². The van der Waals surface area contributed by atoms with Gasteiger partial charge in [0.15, 0.2) is 11.6 Å². The first-order valence-corrected chi connectivity index (χ1v) is 5.90. The van der Waals surface area contributed by atoms with E-state index in [2.05, 4.69) is 15.9 Å². The molecule has 1 aromatic carbocycles. The van der Waals surface area contributed by atoms with Gasteiger partial charge in [-0.05, 0) is 17.7 Å². The van der Waals surface area contributed by atoms with E-state index < -0.39 is 11.6 Å². The molecule has 1 aromatic rings. The van der Waals surface area contributed by atoms with Crippen LogP contribution in [0.25, 0.3) is 0 Å². The molecule has 0 saturated heterocycles. The Labute approximate surface area is 101 Å². The average molecular weight is 292 g/mol. The molecule has 5 heteroatoms. The highest BCUT2D eigenvalue weighted by Gasteiger charge is 2.10. The van der Waals surface area contributed by atoms with Crippen LogP contribution in [-0.4, -0.2) is 29.7 Å². The largest absolute Gasteiger partial charge is 0.345 e. The van der Waals surface area contributed by atoms with E-state index >= 15 is 0 Å². The van der Waals surface area contributed by atoms with Crippen LogP contribution in [0.4, 0.5) is 8.78 Å². The Morgan fingerprint density at radius 3 is 2.62 bits per heavy atom. The van der Waals surface area contributed by atoms with Gasteiger partial charge in [-0.25, -0.2) is 8.78 Å². The number of carbonyl (C=O) groups is 1. The molecular formula is C11H12BrF2NO. The summed E-state index contributed by atoms with van der Waals surface area (Å²) >= 11 is 3.22. The zero-order valence-electron chi connectivity index (χ0n) is 8.84. The number of alkyl halides is 1. The van der Waals surface area contributed by atoms with Crippen molar-refractivity contribution in [3.05, 3.63) is 35.4 Å². The molecule has 0 unspecified atom stereocenters. The summed E-state index contributed by atoms with van der Waals surface area (Å²) in [5.74, 6) is -1.94. The van der Waals surface area contributed by atoms with Crippen molar-refractivity contribution >= 4 is 21.8 Å². The molecule has 0 aliphatic heterocycles. The van der Waals surface area contributed by atoms with Crippen molar-refractivity contribution in [3.63, 3.8) is 0 Å². The van der Waals surface area contributed by atoms with E-state index in [-0.39, 0.29) is 12.3 Å². The number of amides is 1. The van der Waals surface area contributed by atoms with Crippen molar-refractivity contribution in [2.75, 3.05) is 18.9 Å². The number of halogens is 3. The average Bonchev–Trinajstić information content (AvgIpc) is 2.24. The molecule has 0 fully saturated rings. The van der Waals surface area contributed by atoms with Crippen molar-refractivity contribution in [2.45, 2.75) is 6.42 Å². The molecular weight excluding hydrogens is 280 g/mol. The smallest absolute Gasteiger partial charge is 0.226 e. The number of carbonyl (C=O) groups excluding carboxylic acids is 1. The minimum absolute atomic E-state index is 0.0840. The van der Waals surface area contributed by atoms with Crippen LogP contribution in [0.1, 0.15) is 5.56 Å². The van der Waals surface area contributed by atoms with Crippen molar-refractivity contribution in [3.8, 4) is 0 Å². The topological polar surface area (TPSA) is 20.3 Å². The van der Waals surface area contributed by atoms with Gasteiger partial charge < -0.3 is 4.90 Å². The fraction of sp³-hybridized carbons (Fsp3) is 0.364. The molecule has 0 aliphatic rings. The Hall–Kier alpha value is -0.970. The van der Waals surface area contributed by atoms with E-state index in [0.717, 1.165) is 12.1 Å². The number of benzene rings is 1. The van der Waals surface area contributed by atoms with E-state index in [1.165, 1.54) is 11.0 Å². The Balaban J connectivity index is 2.66. The molecule has 0 bridgehead atoms. The first-order valence-electron chi connectivity index (χ1n) is 4.78. The maximum Gasteiger partial charge on any atom is 0.226 e. The summed E-state index contributed by atoms with van der Waals surface area (Å²) in [5.41, 5.74) is 0.477. The van der Waals surface area contributed by atoms with E-state index in [4.69, 9.17) is 0 Å². The Morgan fingerprint density at radius 1 is 1.38 bits per heavy atom. The van der Waals surface area contributed by atoms with Gasteiger partial charge >= 0.3 is 0 Å². The molecule has 88 valence electrons. The van der Waals surface area contributed by atoms with E-state index in [1.807, 2.05) is 0 Å². The number of hydrogen-bond donors (Lipinski definition) is 0. The summed E-state index contributed by atoms with van der Waals surface area (Å²) < 4.78 is 25.5. The minimum Gasteiger partial charge on any atom is -0.345 e. The summed E-state index contributed by atoms with van der Waals surface area (Å²) in [6, 6.07) is 3.50. The summed E-state index contributed by atoms with van der Waals surface area (Å²) in [7, 11) is 1.67. The number of likely N-dealkylation sites (N-methyl/N-ethyl adjacent to an activating group) is 1. The van der Waals surface area contributed by atoms with Crippen LogP contribution in [0, 0.1) is 11.6 Å². The summed E-state index contributed by atoms with van der Waals surface area (Å²) in [6.07, 6.45) is 0.0840. The van der Waals surface area contributed by atoms with Gasteiger partial charge in [-0.3, -0.25) is 4.79 Å². The second kappa shape index (κ2) is 5.94. The van der Waals surface area contributed by atoms with E-state index in [0.29, 0.717) is 17.4 Å². The molecule has 0 aromatic heterocycles. The van der Waals surface area contributed by atoms with Crippen molar-refractivity contribution in [1.29, 1.82) is 0 Å².